The number of pyridine rings is 1. The van der Waals surface area contributed by atoms with Gasteiger partial charge in [0.1, 0.15) is 0 Å². The molecule has 0 saturated heterocycles. The van der Waals surface area contributed by atoms with Gasteiger partial charge in [0.2, 0.25) is 0 Å². The van der Waals surface area contributed by atoms with Crippen LogP contribution in [0.2, 0.25) is 0 Å². The zero-order chi connectivity index (χ0) is 13.1. The molecular weight excluding hydrogens is 234 g/mol. The summed E-state index contributed by atoms with van der Waals surface area (Å²) in [6, 6.07) is 20.2. The largest absolute Gasteiger partial charge is 0.395 e. The lowest BCUT2D eigenvalue weighted by Crippen LogP contribution is -2.05. The Balaban J connectivity index is 2.06. The second-order valence-corrected chi connectivity index (χ2v) is 4.60. The van der Waals surface area contributed by atoms with Crippen molar-refractivity contribution in [3.05, 3.63) is 78.0 Å². The normalized spacial score (nSPS) is 12.5. The summed E-state index contributed by atoms with van der Waals surface area (Å²) in [5, 5.41) is 10.8. The van der Waals surface area contributed by atoms with E-state index < -0.39 is 0 Å². The van der Waals surface area contributed by atoms with Crippen molar-refractivity contribution >= 4 is 10.9 Å². The highest BCUT2D eigenvalue weighted by molar-refractivity contribution is 5.79. The molecule has 0 radical (unpaired) electrons. The SMILES string of the molecule is OC[C@@H](c1ccccc1)c1ccc2ncccc2c1. The molecule has 19 heavy (non-hydrogen) atoms. The molecule has 94 valence electrons. The highest BCUT2D eigenvalue weighted by Gasteiger charge is 2.13. The molecular formula is C17H15NO. The molecule has 1 N–H and O–H groups in total. The van der Waals surface area contributed by atoms with Crippen LogP contribution in [0.4, 0.5) is 0 Å². The molecule has 1 aromatic heterocycles. The summed E-state index contributed by atoms with van der Waals surface area (Å²) in [4.78, 5) is 4.32. The molecule has 2 aromatic carbocycles. The van der Waals surface area contributed by atoms with E-state index in [1.807, 2.05) is 54.6 Å². The number of aliphatic hydroxyl groups is 1. The monoisotopic (exact) mass is 249 g/mol. The van der Waals surface area contributed by atoms with Gasteiger partial charge in [-0.3, -0.25) is 4.98 Å². The first-order valence-corrected chi connectivity index (χ1v) is 6.39. The van der Waals surface area contributed by atoms with Crippen molar-refractivity contribution in [1.82, 2.24) is 4.98 Å². The van der Waals surface area contributed by atoms with Gasteiger partial charge in [0.15, 0.2) is 0 Å². The van der Waals surface area contributed by atoms with E-state index in [4.69, 9.17) is 0 Å². The molecule has 0 aliphatic carbocycles. The number of hydrogen-bond acceptors (Lipinski definition) is 2. The zero-order valence-electron chi connectivity index (χ0n) is 10.5. The Bertz CT molecular complexity index is 679. The molecule has 1 atom stereocenters. The molecule has 3 aromatic rings. The van der Waals surface area contributed by atoms with Crippen molar-refractivity contribution in [3.8, 4) is 0 Å². The molecule has 1 heterocycles. The third-order valence-electron chi connectivity index (χ3n) is 3.41. The van der Waals surface area contributed by atoms with Crippen molar-refractivity contribution < 1.29 is 5.11 Å². The molecule has 0 aliphatic rings. The molecule has 0 aliphatic heterocycles. The number of rotatable bonds is 3. The number of aromatic nitrogens is 1. The maximum atomic E-state index is 9.69. The smallest absolute Gasteiger partial charge is 0.0702 e. The van der Waals surface area contributed by atoms with Gasteiger partial charge in [-0.05, 0) is 29.3 Å². The van der Waals surface area contributed by atoms with Crippen LogP contribution in [0, 0.1) is 0 Å². The van der Waals surface area contributed by atoms with Crippen LogP contribution in [-0.4, -0.2) is 16.7 Å². The first kappa shape index (κ1) is 11.9. The summed E-state index contributed by atoms with van der Waals surface area (Å²) in [6.07, 6.45) is 1.79. The third-order valence-corrected chi connectivity index (χ3v) is 3.41. The Kier molecular flexibility index (Phi) is 3.25. The van der Waals surface area contributed by atoms with Gasteiger partial charge in [-0.1, -0.05) is 42.5 Å². The van der Waals surface area contributed by atoms with E-state index in [0.29, 0.717) is 0 Å². The average Bonchev–Trinajstić information content (AvgIpc) is 2.49. The van der Waals surface area contributed by atoms with E-state index in [2.05, 4.69) is 11.1 Å². The summed E-state index contributed by atoms with van der Waals surface area (Å²) in [5.74, 6) is 0.0193. The van der Waals surface area contributed by atoms with Crippen LogP contribution < -0.4 is 0 Å². The van der Waals surface area contributed by atoms with Gasteiger partial charge in [0, 0.05) is 17.5 Å². The molecule has 0 bridgehead atoms. The highest BCUT2D eigenvalue weighted by atomic mass is 16.3. The van der Waals surface area contributed by atoms with Crippen LogP contribution in [0.15, 0.2) is 66.9 Å². The summed E-state index contributed by atoms with van der Waals surface area (Å²) in [7, 11) is 0. The number of fused-ring (bicyclic) bond motifs is 1. The minimum Gasteiger partial charge on any atom is -0.395 e. The van der Waals surface area contributed by atoms with Crippen LogP contribution in [0.25, 0.3) is 10.9 Å². The van der Waals surface area contributed by atoms with Gasteiger partial charge < -0.3 is 5.11 Å². The van der Waals surface area contributed by atoms with E-state index >= 15 is 0 Å². The van der Waals surface area contributed by atoms with E-state index in [1.165, 1.54) is 0 Å². The quantitative estimate of drug-likeness (QED) is 0.772. The Hall–Kier alpha value is -2.19. The fourth-order valence-corrected chi connectivity index (χ4v) is 2.40. The molecule has 0 unspecified atom stereocenters. The van der Waals surface area contributed by atoms with Crippen molar-refractivity contribution in [2.45, 2.75) is 5.92 Å². The number of hydrogen-bond donors (Lipinski definition) is 1. The second kappa shape index (κ2) is 5.21. The fraction of sp³-hybridized carbons (Fsp3) is 0.118. The maximum absolute atomic E-state index is 9.69. The first-order chi connectivity index (χ1) is 9.38. The minimum atomic E-state index is 0.0193. The lowest BCUT2D eigenvalue weighted by molar-refractivity contribution is 0.280. The van der Waals surface area contributed by atoms with Gasteiger partial charge in [0.05, 0.1) is 12.1 Å². The van der Waals surface area contributed by atoms with Gasteiger partial charge in [-0.25, -0.2) is 0 Å². The lowest BCUT2D eigenvalue weighted by atomic mass is 9.91. The van der Waals surface area contributed by atoms with Gasteiger partial charge in [-0.15, -0.1) is 0 Å². The van der Waals surface area contributed by atoms with Gasteiger partial charge in [-0.2, -0.15) is 0 Å². The highest BCUT2D eigenvalue weighted by Crippen LogP contribution is 2.26. The predicted octanol–water partition coefficient (Wildman–Crippen LogP) is 3.36. The van der Waals surface area contributed by atoms with E-state index in [1.54, 1.807) is 6.20 Å². The summed E-state index contributed by atoms with van der Waals surface area (Å²) < 4.78 is 0. The number of aliphatic hydroxyl groups excluding tert-OH is 1. The van der Waals surface area contributed by atoms with E-state index in [-0.39, 0.29) is 12.5 Å². The Morgan fingerprint density at radius 1 is 0.895 bits per heavy atom. The second-order valence-electron chi connectivity index (χ2n) is 4.60. The molecule has 0 amide bonds. The van der Waals surface area contributed by atoms with Crippen LogP contribution in [0.5, 0.6) is 0 Å². The van der Waals surface area contributed by atoms with Crippen molar-refractivity contribution in [2.24, 2.45) is 0 Å². The summed E-state index contributed by atoms with van der Waals surface area (Å²) in [6.45, 7) is 0.107. The van der Waals surface area contributed by atoms with E-state index in [9.17, 15) is 5.11 Å². The predicted molar refractivity (Wildman–Crippen MR) is 77.1 cm³/mol. The fourth-order valence-electron chi connectivity index (χ4n) is 2.40. The van der Waals surface area contributed by atoms with E-state index in [0.717, 1.165) is 22.0 Å². The maximum Gasteiger partial charge on any atom is 0.0702 e. The molecule has 2 heteroatoms. The minimum absolute atomic E-state index is 0.0193. The topological polar surface area (TPSA) is 33.1 Å². The molecule has 0 fully saturated rings. The van der Waals surface area contributed by atoms with Crippen molar-refractivity contribution in [3.63, 3.8) is 0 Å². The van der Waals surface area contributed by atoms with Crippen LogP contribution in [0.1, 0.15) is 17.0 Å². The molecule has 3 rings (SSSR count). The van der Waals surface area contributed by atoms with Crippen molar-refractivity contribution in [1.29, 1.82) is 0 Å². The zero-order valence-corrected chi connectivity index (χ0v) is 10.5. The number of benzene rings is 2. The standard InChI is InChI=1S/C17H15NO/c19-12-16(13-5-2-1-3-6-13)14-8-9-17-15(11-14)7-4-10-18-17/h1-11,16,19H,12H2/t16-/m0/s1. The summed E-state index contributed by atoms with van der Waals surface area (Å²) in [5.41, 5.74) is 3.23. The van der Waals surface area contributed by atoms with Crippen LogP contribution in [-0.2, 0) is 0 Å². The molecule has 0 spiro atoms. The van der Waals surface area contributed by atoms with Gasteiger partial charge in [0.25, 0.3) is 0 Å². The van der Waals surface area contributed by atoms with Gasteiger partial charge >= 0.3 is 0 Å². The van der Waals surface area contributed by atoms with Crippen molar-refractivity contribution in [2.75, 3.05) is 6.61 Å². The molecule has 2 nitrogen and oxygen atoms in total. The first-order valence-electron chi connectivity index (χ1n) is 6.39. The summed E-state index contributed by atoms with van der Waals surface area (Å²) >= 11 is 0. The van der Waals surface area contributed by atoms with Crippen LogP contribution >= 0.6 is 0 Å². The molecule has 0 saturated carbocycles. The van der Waals surface area contributed by atoms with Crippen LogP contribution in [0.3, 0.4) is 0 Å². The third kappa shape index (κ3) is 2.35. The average molecular weight is 249 g/mol. The Morgan fingerprint density at radius 3 is 2.53 bits per heavy atom. The Morgan fingerprint density at radius 2 is 1.74 bits per heavy atom. The number of nitrogens with zero attached hydrogens (tertiary/aromatic N) is 1. The Labute approximate surface area is 112 Å². The lowest BCUT2D eigenvalue weighted by Gasteiger charge is -2.15.